The second-order valence-electron chi connectivity index (χ2n) is 9.72. The first kappa shape index (κ1) is 24.9. The van der Waals surface area contributed by atoms with Gasteiger partial charge in [0, 0.05) is 13.2 Å². The first-order valence-corrected chi connectivity index (χ1v) is 12.4. The van der Waals surface area contributed by atoms with Crippen molar-refractivity contribution in [1.82, 2.24) is 4.90 Å². The van der Waals surface area contributed by atoms with Crippen LogP contribution in [0.15, 0.2) is 18.2 Å². The smallest absolute Gasteiger partial charge is 0.312 e. The monoisotopic (exact) mass is 492 g/mol. The molecule has 2 unspecified atom stereocenters. The van der Waals surface area contributed by atoms with Crippen LogP contribution in [0, 0.1) is 18.8 Å². The number of nitrogens with zero attached hydrogens (tertiary/aromatic N) is 1. The van der Waals surface area contributed by atoms with E-state index >= 15 is 0 Å². The minimum atomic E-state index is -1.10. The molecule has 0 aromatic heterocycles. The van der Waals surface area contributed by atoms with Gasteiger partial charge in [-0.3, -0.25) is 14.4 Å². The van der Waals surface area contributed by atoms with Gasteiger partial charge in [-0.25, -0.2) is 0 Å². The molecule has 1 aromatic carbocycles. The number of benzene rings is 1. The minimum absolute atomic E-state index is 0.0720. The first-order chi connectivity index (χ1) is 16.2. The first-order valence-electron chi connectivity index (χ1n) is 12.0. The Balaban J connectivity index is 1.70. The fourth-order valence-corrected chi connectivity index (χ4v) is 6.38. The van der Waals surface area contributed by atoms with E-state index in [0.29, 0.717) is 42.9 Å². The van der Waals surface area contributed by atoms with Crippen LogP contribution in [0.2, 0.25) is 5.02 Å². The summed E-state index contributed by atoms with van der Waals surface area (Å²) < 4.78 is 11.8. The van der Waals surface area contributed by atoms with Crippen LogP contribution in [0.25, 0.3) is 0 Å². The van der Waals surface area contributed by atoms with Crippen molar-refractivity contribution in [1.29, 1.82) is 0 Å². The number of aliphatic hydroxyl groups excluding tert-OH is 1. The average molecular weight is 493 g/mol. The summed E-state index contributed by atoms with van der Waals surface area (Å²) in [6, 6.07) is 4.47. The van der Waals surface area contributed by atoms with Crippen LogP contribution in [0.5, 0.6) is 0 Å². The van der Waals surface area contributed by atoms with Gasteiger partial charge in [0.1, 0.15) is 17.6 Å². The van der Waals surface area contributed by atoms with E-state index in [1.54, 1.807) is 24.0 Å². The summed E-state index contributed by atoms with van der Waals surface area (Å²) in [5.41, 5.74) is -0.641. The molecule has 5 atom stereocenters. The van der Waals surface area contributed by atoms with Gasteiger partial charge in [0.05, 0.1) is 28.8 Å². The minimum Gasteiger partial charge on any atom is -0.466 e. The molecule has 0 aliphatic carbocycles. The lowest BCUT2D eigenvalue weighted by Gasteiger charge is -2.33. The molecule has 4 rings (SSSR count). The zero-order valence-electron chi connectivity index (χ0n) is 19.9. The summed E-state index contributed by atoms with van der Waals surface area (Å²) in [4.78, 5) is 42.1. The van der Waals surface area contributed by atoms with Crippen molar-refractivity contribution in [3.8, 4) is 0 Å². The van der Waals surface area contributed by atoms with E-state index in [2.05, 4.69) is 5.32 Å². The fourth-order valence-electron chi connectivity index (χ4n) is 6.11. The molecule has 1 aromatic rings. The molecule has 0 saturated carbocycles. The van der Waals surface area contributed by atoms with E-state index in [0.717, 1.165) is 12.0 Å². The number of amides is 2. The van der Waals surface area contributed by atoms with Gasteiger partial charge < -0.3 is 24.8 Å². The zero-order valence-corrected chi connectivity index (χ0v) is 20.7. The number of likely N-dealkylation sites (tertiary alicyclic amines) is 1. The van der Waals surface area contributed by atoms with E-state index in [4.69, 9.17) is 26.2 Å². The molecule has 3 saturated heterocycles. The molecule has 9 heteroatoms. The summed E-state index contributed by atoms with van der Waals surface area (Å²) in [5.74, 6) is -2.60. The van der Waals surface area contributed by atoms with Gasteiger partial charge in [-0.05, 0) is 64.5 Å². The summed E-state index contributed by atoms with van der Waals surface area (Å²) in [6.07, 6.45) is 3.03. The van der Waals surface area contributed by atoms with Crippen molar-refractivity contribution >= 4 is 35.1 Å². The predicted octanol–water partition coefficient (Wildman–Crippen LogP) is 3.08. The van der Waals surface area contributed by atoms with E-state index < -0.39 is 35.0 Å². The Bertz CT molecular complexity index is 966. The lowest BCUT2D eigenvalue weighted by molar-refractivity contribution is -0.158. The molecule has 2 amide bonds. The van der Waals surface area contributed by atoms with Crippen LogP contribution in [-0.4, -0.2) is 64.8 Å². The van der Waals surface area contributed by atoms with Crippen LogP contribution in [-0.2, 0) is 23.9 Å². The van der Waals surface area contributed by atoms with E-state index in [-0.39, 0.29) is 25.0 Å². The molecule has 1 spiro atoms. The third-order valence-electron chi connectivity index (χ3n) is 7.59. The van der Waals surface area contributed by atoms with Gasteiger partial charge in [-0.1, -0.05) is 23.7 Å². The van der Waals surface area contributed by atoms with Crippen molar-refractivity contribution in [2.45, 2.75) is 70.1 Å². The van der Waals surface area contributed by atoms with Crippen molar-refractivity contribution in [2.75, 3.05) is 25.1 Å². The normalized spacial score (nSPS) is 31.6. The van der Waals surface area contributed by atoms with Crippen molar-refractivity contribution < 1.29 is 29.0 Å². The maximum atomic E-state index is 13.8. The highest BCUT2D eigenvalue weighted by molar-refractivity contribution is 6.34. The Hall–Kier alpha value is -2.16. The van der Waals surface area contributed by atoms with Crippen LogP contribution in [0.3, 0.4) is 0 Å². The molecule has 3 aliphatic rings. The number of fused-ring (bicyclic) bond motifs is 1. The molecule has 8 nitrogen and oxygen atoms in total. The van der Waals surface area contributed by atoms with E-state index in [1.807, 2.05) is 19.9 Å². The van der Waals surface area contributed by atoms with Gasteiger partial charge >= 0.3 is 5.97 Å². The van der Waals surface area contributed by atoms with E-state index in [9.17, 15) is 14.4 Å². The fraction of sp³-hybridized carbons (Fsp3) is 0.640. The Morgan fingerprint density at radius 1 is 1.29 bits per heavy atom. The Morgan fingerprint density at radius 3 is 2.74 bits per heavy atom. The third-order valence-corrected chi connectivity index (χ3v) is 7.91. The highest BCUT2D eigenvalue weighted by Crippen LogP contribution is 2.63. The lowest BCUT2D eigenvalue weighted by Crippen LogP contribution is -2.53. The maximum Gasteiger partial charge on any atom is 0.312 e. The molecular formula is C25H33ClN2O6. The largest absolute Gasteiger partial charge is 0.466 e. The highest BCUT2D eigenvalue weighted by Gasteiger charge is 2.78. The maximum absolute atomic E-state index is 13.8. The van der Waals surface area contributed by atoms with Crippen LogP contribution < -0.4 is 5.32 Å². The van der Waals surface area contributed by atoms with Crippen LogP contribution >= 0.6 is 11.6 Å². The van der Waals surface area contributed by atoms with Gasteiger partial charge in [-0.15, -0.1) is 0 Å². The van der Waals surface area contributed by atoms with Gasteiger partial charge in [0.2, 0.25) is 11.8 Å². The molecule has 2 N–H and O–H groups in total. The van der Waals surface area contributed by atoms with Gasteiger partial charge in [0.15, 0.2) is 0 Å². The highest BCUT2D eigenvalue weighted by atomic mass is 35.5. The second kappa shape index (κ2) is 9.47. The SMILES string of the molecule is CCOC(=O)[C@@H]1[C@H]2C(=O)N(CCCCCO)C(C(=O)Nc3c(C)cccc3Cl)C23CC[C@@]1(C)O3. The number of hydrogen-bond donors (Lipinski definition) is 2. The number of halogens is 1. The number of anilines is 1. The number of aliphatic hydroxyl groups is 1. The third kappa shape index (κ3) is 3.89. The molecule has 0 radical (unpaired) electrons. The number of esters is 1. The topological polar surface area (TPSA) is 105 Å². The van der Waals surface area contributed by atoms with Crippen LogP contribution in [0.4, 0.5) is 5.69 Å². The number of hydrogen-bond acceptors (Lipinski definition) is 6. The van der Waals surface area contributed by atoms with Crippen molar-refractivity contribution in [3.63, 3.8) is 0 Å². The van der Waals surface area contributed by atoms with Crippen molar-refractivity contribution in [3.05, 3.63) is 28.8 Å². The number of para-hydroxylation sites is 1. The average Bonchev–Trinajstić information content (AvgIpc) is 3.35. The molecule has 2 bridgehead atoms. The molecular weight excluding hydrogens is 460 g/mol. The molecule has 186 valence electrons. The Kier molecular flexibility index (Phi) is 6.95. The van der Waals surface area contributed by atoms with Gasteiger partial charge in [-0.2, -0.15) is 0 Å². The summed E-state index contributed by atoms with van der Waals surface area (Å²) >= 11 is 6.36. The van der Waals surface area contributed by atoms with E-state index in [1.165, 1.54) is 0 Å². The molecule has 3 heterocycles. The number of nitrogens with one attached hydrogen (secondary N) is 1. The lowest BCUT2D eigenvalue weighted by atomic mass is 9.66. The molecule has 3 aliphatic heterocycles. The predicted molar refractivity (Wildman–Crippen MR) is 126 cm³/mol. The number of aryl methyl sites for hydroxylation is 1. The van der Waals surface area contributed by atoms with Gasteiger partial charge in [0.25, 0.3) is 0 Å². The van der Waals surface area contributed by atoms with Crippen LogP contribution in [0.1, 0.15) is 51.5 Å². The number of rotatable bonds is 9. The molecule has 3 fully saturated rings. The Morgan fingerprint density at radius 2 is 2.06 bits per heavy atom. The Labute approximate surface area is 204 Å². The molecule has 34 heavy (non-hydrogen) atoms. The zero-order chi connectivity index (χ0) is 24.7. The van der Waals surface area contributed by atoms with Crippen molar-refractivity contribution in [2.24, 2.45) is 11.8 Å². The second-order valence-corrected chi connectivity index (χ2v) is 10.1. The quantitative estimate of drug-likeness (QED) is 0.405. The summed E-state index contributed by atoms with van der Waals surface area (Å²) in [7, 11) is 0. The number of carbonyl (C=O) groups excluding carboxylic acids is 3. The summed E-state index contributed by atoms with van der Waals surface area (Å²) in [5, 5.41) is 12.5. The summed E-state index contributed by atoms with van der Waals surface area (Å²) in [6.45, 7) is 6.04. The number of unbranched alkanes of at least 4 members (excludes halogenated alkanes) is 2. The standard InChI is InChI=1S/C25H33ClN2O6/c1-4-33-23(32)18-17-22(31)28(13-6-5-7-14-29)20(25(17)12-11-24(18,3)34-25)21(30)27-19-15(2)9-8-10-16(19)26/h8-10,17-18,20,29H,4-7,11-14H2,1-3H3,(H,27,30)/t17-,18-,20?,24+,25?/m0/s1. The number of carbonyl (C=O) groups is 3. The number of ether oxygens (including phenoxy) is 2.